The summed E-state index contributed by atoms with van der Waals surface area (Å²) >= 11 is 0. The molecule has 0 spiro atoms. The molecule has 114 valence electrons. The molecule has 1 heterocycles. The van der Waals surface area contributed by atoms with Crippen molar-refractivity contribution in [3.05, 3.63) is 42.3 Å². The Bertz CT molecular complexity index is 557. The predicted octanol–water partition coefficient (Wildman–Crippen LogP) is 1.98. The molecule has 1 amide bonds. The van der Waals surface area contributed by atoms with Crippen LogP contribution in [0.2, 0.25) is 0 Å². The van der Waals surface area contributed by atoms with Crippen LogP contribution in [0.4, 0.5) is 0 Å². The van der Waals surface area contributed by atoms with E-state index in [1.165, 1.54) is 0 Å². The third-order valence-electron chi connectivity index (χ3n) is 3.03. The van der Waals surface area contributed by atoms with Crippen molar-refractivity contribution in [2.75, 3.05) is 27.2 Å². The molecular formula is C15H20ClN3O2. The van der Waals surface area contributed by atoms with Gasteiger partial charge in [0.05, 0.1) is 12.1 Å². The summed E-state index contributed by atoms with van der Waals surface area (Å²) in [5.41, 5.74) is 1.57. The van der Waals surface area contributed by atoms with Gasteiger partial charge in [-0.25, -0.2) is 4.98 Å². The Morgan fingerprint density at radius 3 is 2.71 bits per heavy atom. The molecular weight excluding hydrogens is 290 g/mol. The second kappa shape index (κ2) is 8.44. The van der Waals surface area contributed by atoms with Crippen molar-refractivity contribution < 1.29 is 9.21 Å². The van der Waals surface area contributed by atoms with E-state index in [4.69, 9.17) is 4.42 Å². The number of oxazole rings is 1. The number of halogens is 1. The molecule has 0 aliphatic rings. The van der Waals surface area contributed by atoms with Crippen molar-refractivity contribution in [1.29, 1.82) is 0 Å². The molecule has 0 bridgehead atoms. The van der Waals surface area contributed by atoms with Crippen LogP contribution in [-0.4, -0.2) is 43.0 Å². The number of hydrogen-bond acceptors (Lipinski definition) is 4. The molecule has 1 aromatic carbocycles. The van der Waals surface area contributed by atoms with Crippen LogP contribution in [0.5, 0.6) is 0 Å². The second-order valence-electron chi connectivity index (χ2n) is 4.61. The van der Waals surface area contributed by atoms with E-state index < -0.39 is 0 Å². The molecule has 2 aromatic rings. The first-order chi connectivity index (χ1) is 9.70. The summed E-state index contributed by atoms with van der Waals surface area (Å²) in [6, 6.07) is 9.65. The Labute approximate surface area is 130 Å². The molecule has 0 radical (unpaired) electrons. The quantitative estimate of drug-likeness (QED) is 0.886. The Kier molecular flexibility index (Phi) is 6.91. The third-order valence-corrected chi connectivity index (χ3v) is 3.03. The molecule has 6 heteroatoms. The number of nitrogens with one attached hydrogen (secondary N) is 1. The molecule has 21 heavy (non-hydrogen) atoms. The van der Waals surface area contributed by atoms with Gasteiger partial charge in [-0.3, -0.25) is 4.79 Å². The molecule has 1 N–H and O–H groups in total. The molecule has 2 rings (SSSR count). The maximum absolute atomic E-state index is 12.0. The predicted molar refractivity (Wildman–Crippen MR) is 84.5 cm³/mol. The zero-order chi connectivity index (χ0) is 14.4. The Hall–Kier alpha value is -1.85. The topological polar surface area (TPSA) is 58.4 Å². The highest BCUT2D eigenvalue weighted by molar-refractivity contribution is 5.85. The zero-order valence-corrected chi connectivity index (χ0v) is 13.0. The normalized spacial score (nSPS) is 10.0. The van der Waals surface area contributed by atoms with Crippen LogP contribution in [0.3, 0.4) is 0 Å². The van der Waals surface area contributed by atoms with Gasteiger partial charge in [0.1, 0.15) is 6.26 Å². The van der Waals surface area contributed by atoms with Crippen LogP contribution in [0.1, 0.15) is 5.69 Å². The summed E-state index contributed by atoms with van der Waals surface area (Å²) in [6.45, 7) is 1.45. The molecule has 0 saturated heterocycles. The van der Waals surface area contributed by atoms with Crippen LogP contribution in [0.25, 0.3) is 11.5 Å². The second-order valence-corrected chi connectivity index (χ2v) is 4.61. The van der Waals surface area contributed by atoms with Gasteiger partial charge in [-0.15, -0.1) is 12.4 Å². The number of nitrogens with zero attached hydrogens (tertiary/aromatic N) is 2. The minimum absolute atomic E-state index is 0. The van der Waals surface area contributed by atoms with Crippen molar-refractivity contribution in [3.63, 3.8) is 0 Å². The van der Waals surface area contributed by atoms with Crippen molar-refractivity contribution in [3.8, 4) is 11.5 Å². The van der Waals surface area contributed by atoms with Crippen LogP contribution in [0, 0.1) is 0 Å². The Balaban J connectivity index is 0.00000220. The first-order valence-corrected chi connectivity index (χ1v) is 6.59. The largest absolute Gasteiger partial charge is 0.444 e. The summed E-state index contributed by atoms with van der Waals surface area (Å²) in [4.78, 5) is 18.0. The smallest absolute Gasteiger partial charge is 0.228 e. The van der Waals surface area contributed by atoms with E-state index in [0.29, 0.717) is 18.1 Å². The summed E-state index contributed by atoms with van der Waals surface area (Å²) in [5.74, 6) is 0.583. The Morgan fingerprint density at radius 1 is 1.33 bits per heavy atom. The highest BCUT2D eigenvalue weighted by Gasteiger charge is 2.13. The molecule has 1 aromatic heterocycles. The molecule has 0 unspecified atom stereocenters. The van der Waals surface area contributed by atoms with Crippen molar-refractivity contribution in [2.45, 2.75) is 6.42 Å². The van der Waals surface area contributed by atoms with E-state index in [-0.39, 0.29) is 24.7 Å². The van der Waals surface area contributed by atoms with E-state index in [9.17, 15) is 4.79 Å². The van der Waals surface area contributed by atoms with Crippen molar-refractivity contribution >= 4 is 18.3 Å². The fourth-order valence-electron chi connectivity index (χ4n) is 1.80. The molecule has 0 aliphatic carbocycles. The van der Waals surface area contributed by atoms with Gasteiger partial charge in [-0.2, -0.15) is 0 Å². The van der Waals surface area contributed by atoms with Crippen LogP contribution >= 0.6 is 12.4 Å². The number of benzene rings is 1. The van der Waals surface area contributed by atoms with E-state index in [1.807, 2.05) is 37.4 Å². The summed E-state index contributed by atoms with van der Waals surface area (Å²) in [6.07, 6.45) is 1.81. The molecule has 0 saturated carbocycles. The lowest BCUT2D eigenvalue weighted by molar-refractivity contribution is -0.129. The first-order valence-electron chi connectivity index (χ1n) is 6.59. The van der Waals surface area contributed by atoms with E-state index in [2.05, 4.69) is 10.3 Å². The van der Waals surface area contributed by atoms with Crippen molar-refractivity contribution in [2.24, 2.45) is 0 Å². The van der Waals surface area contributed by atoms with E-state index in [1.54, 1.807) is 18.2 Å². The molecule has 0 atom stereocenters. The SMILES string of the molecule is CNCCN(C)C(=O)Cc1coc(-c2ccccc2)n1.Cl. The number of hydrogen-bond donors (Lipinski definition) is 1. The van der Waals surface area contributed by atoms with Gasteiger partial charge >= 0.3 is 0 Å². The number of aromatic nitrogens is 1. The summed E-state index contributed by atoms with van der Waals surface area (Å²) in [5, 5.41) is 3.01. The van der Waals surface area contributed by atoms with Gasteiger partial charge in [-0.1, -0.05) is 18.2 Å². The van der Waals surface area contributed by atoms with Gasteiger partial charge in [-0.05, 0) is 19.2 Å². The highest BCUT2D eigenvalue weighted by Crippen LogP contribution is 2.18. The average molecular weight is 310 g/mol. The molecule has 5 nitrogen and oxygen atoms in total. The number of amides is 1. The van der Waals surface area contributed by atoms with Gasteiger partial charge < -0.3 is 14.6 Å². The number of carbonyl (C=O) groups is 1. The first kappa shape index (κ1) is 17.2. The van der Waals surface area contributed by atoms with Crippen LogP contribution in [-0.2, 0) is 11.2 Å². The third kappa shape index (κ3) is 4.88. The van der Waals surface area contributed by atoms with Gasteiger partial charge in [0.15, 0.2) is 0 Å². The zero-order valence-electron chi connectivity index (χ0n) is 12.2. The maximum atomic E-state index is 12.0. The van der Waals surface area contributed by atoms with Crippen LogP contribution < -0.4 is 5.32 Å². The highest BCUT2D eigenvalue weighted by atomic mass is 35.5. The summed E-state index contributed by atoms with van der Waals surface area (Å²) in [7, 11) is 3.65. The van der Waals surface area contributed by atoms with Crippen molar-refractivity contribution in [1.82, 2.24) is 15.2 Å². The Morgan fingerprint density at radius 2 is 2.05 bits per heavy atom. The fraction of sp³-hybridized carbons (Fsp3) is 0.333. The number of carbonyl (C=O) groups excluding carboxylic acids is 1. The fourth-order valence-corrected chi connectivity index (χ4v) is 1.80. The average Bonchev–Trinajstić information content (AvgIpc) is 2.94. The monoisotopic (exact) mass is 309 g/mol. The lowest BCUT2D eigenvalue weighted by atomic mass is 10.2. The minimum Gasteiger partial charge on any atom is -0.444 e. The van der Waals surface area contributed by atoms with Gasteiger partial charge in [0, 0.05) is 25.7 Å². The molecule has 0 aliphatic heterocycles. The number of rotatable bonds is 6. The standard InChI is InChI=1S/C15H19N3O2.ClH/c1-16-8-9-18(2)14(19)10-13-11-20-15(17-13)12-6-4-3-5-7-12;/h3-7,11,16H,8-10H2,1-2H3;1H. The summed E-state index contributed by atoms with van der Waals surface area (Å²) < 4.78 is 5.42. The van der Waals surface area contributed by atoms with Gasteiger partial charge in [0.2, 0.25) is 11.8 Å². The minimum atomic E-state index is 0. The van der Waals surface area contributed by atoms with Gasteiger partial charge in [0.25, 0.3) is 0 Å². The lowest BCUT2D eigenvalue weighted by Crippen LogP contribution is -2.33. The number of likely N-dealkylation sites (N-methyl/N-ethyl adjacent to an activating group) is 2. The van der Waals surface area contributed by atoms with E-state index in [0.717, 1.165) is 12.1 Å². The van der Waals surface area contributed by atoms with Crippen LogP contribution in [0.15, 0.2) is 41.0 Å². The lowest BCUT2D eigenvalue weighted by Gasteiger charge is -2.15. The molecule has 0 fully saturated rings. The van der Waals surface area contributed by atoms with E-state index >= 15 is 0 Å². The maximum Gasteiger partial charge on any atom is 0.228 e.